The van der Waals surface area contributed by atoms with Crippen LogP contribution < -0.4 is 10.2 Å². The van der Waals surface area contributed by atoms with Crippen molar-refractivity contribution in [1.29, 1.82) is 0 Å². The van der Waals surface area contributed by atoms with Crippen molar-refractivity contribution in [3.8, 4) is 11.3 Å². The normalized spacial score (nSPS) is 24.2. The average molecular weight is 440 g/mol. The third-order valence-corrected chi connectivity index (χ3v) is 8.32. The summed E-state index contributed by atoms with van der Waals surface area (Å²) in [6.07, 6.45) is 6.27. The zero-order chi connectivity index (χ0) is 22.3. The lowest BCUT2D eigenvalue weighted by Gasteiger charge is -2.42. The standard InChI is InChI=1S/C26H37N3OS/c1-6-26(27-13-7-15-30)12-14-29(18-26)23-28-22(17-31-23)19-8-9-20-21(16-19)25(4,5)11-10-24(20,2)3/h6,8-9,16-17,27,30H,1,7,10-15,18H2,2-5H3. The van der Waals surface area contributed by atoms with E-state index in [-0.39, 0.29) is 23.0 Å². The van der Waals surface area contributed by atoms with Crippen LogP contribution in [0.15, 0.2) is 36.2 Å². The van der Waals surface area contributed by atoms with Gasteiger partial charge in [-0.1, -0.05) is 45.9 Å². The first-order valence-corrected chi connectivity index (χ1v) is 12.4. The molecule has 4 rings (SSSR count). The number of thiazole rings is 1. The molecule has 2 aromatic rings. The maximum Gasteiger partial charge on any atom is 0.185 e. The molecule has 1 fully saturated rings. The quantitative estimate of drug-likeness (QED) is 0.456. The van der Waals surface area contributed by atoms with Gasteiger partial charge < -0.3 is 15.3 Å². The molecule has 4 nitrogen and oxygen atoms in total. The summed E-state index contributed by atoms with van der Waals surface area (Å²) in [6, 6.07) is 6.99. The molecule has 1 saturated heterocycles. The molecule has 0 amide bonds. The molecule has 0 saturated carbocycles. The molecule has 2 N–H and O–H groups in total. The summed E-state index contributed by atoms with van der Waals surface area (Å²) in [7, 11) is 0. The van der Waals surface area contributed by atoms with Crippen molar-refractivity contribution < 1.29 is 5.11 Å². The van der Waals surface area contributed by atoms with Gasteiger partial charge in [-0.3, -0.25) is 0 Å². The van der Waals surface area contributed by atoms with Gasteiger partial charge in [0, 0.05) is 30.6 Å². The zero-order valence-electron chi connectivity index (χ0n) is 19.5. The number of rotatable bonds is 7. The lowest BCUT2D eigenvalue weighted by atomic mass is 9.63. The number of nitrogens with one attached hydrogen (secondary N) is 1. The molecule has 1 aromatic heterocycles. The highest BCUT2D eigenvalue weighted by Gasteiger charge is 2.38. The van der Waals surface area contributed by atoms with E-state index < -0.39 is 0 Å². The number of hydrogen-bond acceptors (Lipinski definition) is 5. The van der Waals surface area contributed by atoms with E-state index in [0.29, 0.717) is 0 Å². The molecule has 2 heterocycles. The molecule has 31 heavy (non-hydrogen) atoms. The van der Waals surface area contributed by atoms with Gasteiger partial charge >= 0.3 is 0 Å². The minimum atomic E-state index is -0.0948. The third kappa shape index (κ3) is 4.33. The fourth-order valence-electron chi connectivity index (χ4n) is 5.09. The Bertz CT molecular complexity index is 948. The van der Waals surface area contributed by atoms with Gasteiger partial charge in [-0.15, -0.1) is 17.9 Å². The van der Waals surface area contributed by atoms with Gasteiger partial charge in [0.05, 0.1) is 11.2 Å². The lowest BCUT2D eigenvalue weighted by molar-refractivity contribution is 0.279. The Morgan fingerprint density at radius 1 is 1.16 bits per heavy atom. The molecule has 0 bridgehead atoms. The van der Waals surface area contributed by atoms with Gasteiger partial charge in [0.1, 0.15) is 0 Å². The molecule has 168 valence electrons. The van der Waals surface area contributed by atoms with Crippen molar-refractivity contribution in [3.05, 3.63) is 47.4 Å². The highest BCUT2D eigenvalue weighted by Crippen LogP contribution is 2.47. The van der Waals surface area contributed by atoms with Crippen LogP contribution in [0, 0.1) is 0 Å². The number of fused-ring (bicyclic) bond motifs is 1. The lowest BCUT2D eigenvalue weighted by Crippen LogP contribution is -2.46. The number of aromatic nitrogens is 1. The Hall–Kier alpha value is -1.69. The van der Waals surface area contributed by atoms with E-state index in [4.69, 9.17) is 10.1 Å². The first-order chi connectivity index (χ1) is 14.7. The van der Waals surface area contributed by atoms with Crippen molar-refractivity contribution in [3.63, 3.8) is 0 Å². The number of aliphatic hydroxyl groups is 1. The summed E-state index contributed by atoms with van der Waals surface area (Å²) >= 11 is 1.73. The van der Waals surface area contributed by atoms with Crippen molar-refractivity contribution in [2.24, 2.45) is 0 Å². The molecule has 1 unspecified atom stereocenters. The molecule has 1 aromatic carbocycles. The van der Waals surface area contributed by atoms with E-state index in [9.17, 15) is 0 Å². The largest absolute Gasteiger partial charge is 0.396 e. The first-order valence-electron chi connectivity index (χ1n) is 11.6. The summed E-state index contributed by atoms with van der Waals surface area (Å²) in [5, 5.41) is 16.0. The molecule has 1 aliphatic heterocycles. The van der Waals surface area contributed by atoms with Gasteiger partial charge in [0.15, 0.2) is 5.13 Å². The predicted molar refractivity (Wildman–Crippen MR) is 132 cm³/mol. The van der Waals surface area contributed by atoms with Gasteiger partial charge in [0.2, 0.25) is 0 Å². The minimum absolute atomic E-state index is 0.0948. The molecule has 5 heteroatoms. The number of hydrogen-bond donors (Lipinski definition) is 2. The average Bonchev–Trinajstić information content (AvgIpc) is 3.40. The van der Waals surface area contributed by atoms with E-state index in [1.54, 1.807) is 11.3 Å². The maximum absolute atomic E-state index is 9.09. The highest BCUT2D eigenvalue weighted by atomic mass is 32.1. The molecule has 1 aliphatic carbocycles. The summed E-state index contributed by atoms with van der Waals surface area (Å²) in [4.78, 5) is 7.40. The van der Waals surface area contributed by atoms with Crippen LogP contribution in [-0.2, 0) is 10.8 Å². The molecular weight excluding hydrogens is 402 g/mol. The summed E-state index contributed by atoms with van der Waals surface area (Å²) in [5.74, 6) is 0. The Balaban J connectivity index is 1.56. The second-order valence-corrected chi connectivity index (χ2v) is 11.4. The minimum Gasteiger partial charge on any atom is -0.396 e. The van der Waals surface area contributed by atoms with Crippen LogP contribution in [0.2, 0.25) is 0 Å². The molecule has 2 aliphatic rings. The van der Waals surface area contributed by atoms with Crippen LogP contribution in [0.5, 0.6) is 0 Å². The molecule has 0 spiro atoms. The van der Waals surface area contributed by atoms with E-state index in [2.05, 4.69) is 68.1 Å². The predicted octanol–water partition coefficient (Wildman–Crippen LogP) is 5.27. The zero-order valence-corrected chi connectivity index (χ0v) is 20.3. The number of nitrogens with zero attached hydrogens (tertiary/aromatic N) is 2. The van der Waals surface area contributed by atoms with Gasteiger partial charge in [-0.25, -0.2) is 4.98 Å². The molecule has 1 atom stereocenters. The van der Waals surface area contributed by atoms with E-state index in [0.717, 1.165) is 43.3 Å². The van der Waals surface area contributed by atoms with Crippen molar-refractivity contribution in [1.82, 2.24) is 10.3 Å². The van der Waals surface area contributed by atoms with Crippen LogP contribution in [0.3, 0.4) is 0 Å². The Morgan fingerprint density at radius 3 is 2.61 bits per heavy atom. The van der Waals surface area contributed by atoms with Gasteiger partial charge in [-0.2, -0.15) is 0 Å². The summed E-state index contributed by atoms with van der Waals surface area (Å²) < 4.78 is 0. The maximum atomic E-state index is 9.09. The molecular formula is C26H37N3OS. The monoisotopic (exact) mass is 439 g/mol. The van der Waals surface area contributed by atoms with Gasteiger partial charge in [-0.05, 0) is 60.3 Å². The van der Waals surface area contributed by atoms with Crippen molar-refractivity contribution >= 4 is 16.5 Å². The third-order valence-electron chi connectivity index (χ3n) is 7.41. The van der Waals surface area contributed by atoms with Crippen LogP contribution in [0.1, 0.15) is 64.5 Å². The van der Waals surface area contributed by atoms with Crippen LogP contribution in [-0.4, -0.2) is 41.9 Å². The fraction of sp³-hybridized carbons (Fsp3) is 0.577. The smallest absolute Gasteiger partial charge is 0.185 e. The topological polar surface area (TPSA) is 48.4 Å². The van der Waals surface area contributed by atoms with Crippen molar-refractivity contribution in [2.75, 3.05) is 31.1 Å². The number of anilines is 1. The van der Waals surface area contributed by atoms with E-state index in [1.165, 1.54) is 29.5 Å². The summed E-state index contributed by atoms with van der Waals surface area (Å²) in [6.45, 7) is 16.4. The Labute approximate surface area is 191 Å². The summed E-state index contributed by atoms with van der Waals surface area (Å²) in [5.41, 5.74) is 5.63. The van der Waals surface area contributed by atoms with Crippen molar-refractivity contribution in [2.45, 2.75) is 69.7 Å². The SMILES string of the molecule is C=CC1(NCCCO)CCN(c2nc(-c3ccc4c(c3)C(C)(C)CCC4(C)C)cs2)C1. The number of benzene rings is 1. The Kier molecular flexibility index (Phi) is 6.06. The Morgan fingerprint density at radius 2 is 1.90 bits per heavy atom. The van der Waals surface area contributed by atoms with Crippen LogP contribution >= 0.6 is 11.3 Å². The molecule has 0 radical (unpaired) electrons. The second kappa shape index (κ2) is 8.34. The van der Waals surface area contributed by atoms with Crippen LogP contribution in [0.25, 0.3) is 11.3 Å². The van der Waals surface area contributed by atoms with Gasteiger partial charge in [0.25, 0.3) is 0 Å². The van der Waals surface area contributed by atoms with E-state index in [1.807, 2.05) is 6.08 Å². The number of aliphatic hydroxyl groups excluding tert-OH is 1. The van der Waals surface area contributed by atoms with Crippen LogP contribution in [0.4, 0.5) is 5.13 Å². The highest BCUT2D eigenvalue weighted by molar-refractivity contribution is 7.14. The van der Waals surface area contributed by atoms with E-state index >= 15 is 0 Å². The fourth-order valence-corrected chi connectivity index (χ4v) is 5.95. The first kappa shape index (κ1) is 22.5. The second-order valence-electron chi connectivity index (χ2n) is 10.6.